The number of carbonyl (C=O) groups excluding carboxylic acids is 1. The molecule has 0 aliphatic heterocycles. The predicted molar refractivity (Wildman–Crippen MR) is 113 cm³/mol. The van der Waals surface area contributed by atoms with E-state index in [-0.39, 0.29) is 5.91 Å². The molecule has 148 valence electrons. The van der Waals surface area contributed by atoms with Crippen LogP contribution in [0.25, 0.3) is 0 Å². The summed E-state index contributed by atoms with van der Waals surface area (Å²) in [5.41, 5.74) is 0. The van der Waals surface area contributed by atoms with Crippen LogP contribution in [0.2, 0.25) is 0 Å². The smallest absolute Gasteiger partial charge is 0.220 e. The number of amides is 1. The number of aliphatic hydroxyl groups excluding tert-OH is 1. The molecule has 26 heavy (non-hydrogen) atoms. The van der Waals surface area contributed by atoms with E-state index in [1.54, 1.807) is 6.92 Å². The van der Waals surface area contributed by atoms with E-state index in [2.05, 4.69) is 60.8 Å². The molecule has 2 N–H and O–H groups in total. The van der Waals surface area contributed by atoms with Crippen LogP contribution in [0.1, 0.15) is 78.1 Å². The van der Waals surface area contributed by atoms with Gasteiger partial charge in [-0.1, -0.05) is 68.4 Å². The van der Waals surface area contributed by atoms with Crippen LogP contribution >= 0.6 is 0 Å². The van der Waals surface area contributed by atoms with Crippen molar-refractivity contribution in [3.8, 4) is 0 Å². The standard InChI is InChI=1S/C23H39NO2/c1-3-4-5-6-7-8-9-10-11-12-13-14-15-16-17-18-19-20-23(26)24-21-22(2)25/h7-8,10-11,13-14,16-17,22,25H,3-6,9,12,15,18-21H2,1-2H3,(H,24,26)/b8-7-,11-10-,14-13+,17-16-/t22-/m0/s1. The van der Waals surface area contributed by atoms with Crippen molar-refractivity contribution in [2.45, 2.75) is 84.2 Å². The lowest BCUT2D eigenvalue weighted by molar-refractivity contribution is -0.121. The molecule has 0 bridgehead atoms. The molecule has 0 aliphatic carbocycles. The first-order valence-electron chi connectivity index (χ1n) is 10.2. The Kier molecular flexibility index (Phi) is 18.5. The Bertz CT molecular complexity index is 433. The highest BCUT2D eigenvalue weighted by Crippen LogP contribution is 2.01. The monoisotopic (exact) mass is 361 g/mol. The molecule has 1 atom stereocenters. The summed E-state index contributed by atoms with van der Waals surface area (Å²) in [6.45, 7) is 4.24. The number of aliphatic hydroxyl groups is 1. The fourth-order valence-electron chi connectivity index (χ4n) is 2.29. The molecule has 0 aromatic rings. The van der Waals surface area contributed by atoms with E-state index in [4.69, 9.17) is 5.11 Å². The van der Waals surface area contributed by atoms with E-state index >= 15 is 0 Å². The van der Waals surface area contributed by atoms with E-state index in [0.717, 1.165) is 32.1 Å². The fraction of sp³-hybridized carbons (Fsp3) is 0.609. The van der Waals surface area contributed by atoms with Crippen LogP contribution in [-0.2, 0) is 4.79 Å². The number of hydrogen-bond acceptors (Lipinski definition) is 2. The quantitative estimate of drug-likeness (QED) is 0.276. The molecular weight excluding hydrogens is 322 g/mol. The molecule has 3 heteroatoms. The molecule has 3 nitrogen and oxygen atoms in total. The van der Waals surface area contributed by atoms with Crippen LogP contribution in [0.5, 0.6) is 0 Å². The minimum absolute atomic E-state index is 0.0155. The number of hydrogen-bond donors (Lipinski definition) is 2. The molecular formula is C23H39NO2. The summed E-state index contributed by atoms with van der Waals surface area (Å²) in [5, 5.41) is 11.8. The molecule has 0 heterocycles. The lowest BCUT2D eigenvalue weighted by atomic mass is 10.2. The Hall–Kier alpha value is -1.61. The van der Waals surface area contributed by atoms with E-state index in [1.165, 1.54) is 25.7 Å². The van der Waals surface area contributed by atoms with E-state index in [0.29, 0.717) is 13.0 Å². The number of allylic oxidation sites excluding steroid dienone is 8. The maximum absolute atomic E-state index is 11.4. The second-order valence-corrected chi connectivity index (χ2v) is 6.63. The normalized spacial score (nSPS) is 13.5. The van der Waals surface area contributed by atoms with Gasteiger partial charge in [0.2, 0.25) is 5.91 Å². The van der Waals surface area contributed by atoms with Crippen LogP contribution < -0.4 is 5.32 Å². The molecule has 0 aliphatic rings. The third-order valence-electron chi connectivity index (χ3n) is 3.83. The summed E-state index contributed by atoms with van der Waals surface area (Å²) >= 11 is 0. The Labute approximate surface area is 161 Å². The van der Waals surface area contributed by atoms with Crippen LogP contribution in [0.3, 0.4) is 0 Å². The molecule has 0 unspecified atom stereocenters. The van der Waals surface area contributed by atoms with Crippen molar-refractivity contribution in [2.75, 3.05) is 6.54 Å². The van der Waals surface area contributed by atoms with Crippen LogP contribution in [0, 0.1) is 0 Å². The van der Waals surface area contributed by atoms with Gasteiger partial charge in [0.15, 0.2) is 0 Å². The number of rotatable bonds is 16. The van der Waals surface area contributed by atoms with Crippen molar-refractivity contribution in [1.82, 2.24) is 5.32 Å². The third-order valence-corrected chi connectivity index (χ3v) is 3.83. The van der Waals surface area contributed by atoms with E-state index in [1.807, 2.05) is 0 Å². The minimum Gasteiger partial charge on any atom is -0.392 e. The Morgan fingerprint density at radius 2 is 1.35 bits per heavy atom. The maximum atomic E-state index is 11.4. The first-order chi connectivity index (χ1) is 12.7. The van der Waals surface area contributed by atoms with Gasteiger partial charge in [0.25, 0.3) is 0 Å². The predicted octanol–water partition coefficient (Wildman–Crippen LogP) is 5.63. The highest BCUT2D eigenvalue weighted by molar-refractivity contribution is 5.75. The first kappa shape index (κ1) is 24.4. The summed E-state index contributed by atoms with van der Waals surface area (Å²) in [6.07, 6.45) is 27.5. The van der Waals surface area contributed by atoms with Gasteiger partial charge >= 0.3 is 0 Å². The molecule has 0 rings (SSSR count). The lowest BCUT2D eigenvalue weighted by Gasteiger charge is -2.05. The molecule has 0 saturated heterocycles. The zero-order valence-corrected chi connectivity index (χ0v) is 16.8. The van der Waals surface area contributed by atoms with Gasteiger partial charge < -0.3 is 10.4 Å². The number of unbranched alkanes of at least 4 members (excludes halogenated alkanes) is 4. The second kappa shape index (κ2) is 19.7. The first-order valence-corrected chi connectivity index (χ1v) is 10.2. The zero-order valence-electron chi connectivity index (χ0n) is 16.8. The van der Waals surface area contributed by atoms with Gasteiger partial charge in [0.1, 0.15) is 0 Å². The Balaban J connectivity index is 3.47. The Morgan fingerprint density at radius 3 is 1.85 bits per heavy atom. The Morgan fingerprint density at radius 1 is 0.846 bits per heavy atom. The topological polar surface area (TPSA) is 49.3 Å². The maximum Gasteiger partial charge on any atom is 0.220 e. The van der Waals surface area contributed by atoms with Gasteiger partial charge in [-0.25, -0.2) is 0 Å². The van der Waals surface area contributed by atoms with Gasteiger partial charge in [0.05, 0.1) is 6.10 Å². The van der Waals surface area contributed by atoms with Crippen molar-refractivity contribution >= 4 is 5.91 Å². The fourth-order valence-corrected chi connectivity index (χ4v) is 2.29. The number of carbonyl (C=O) groups is 1. The summed E-state index contributed by atoms with van der Waals surface area (Å²) in [5.74, 6) is 0.0155. The second-order valence-electron chi connectivity index (χ2n) is 6.63. The van der Waals surface area contributed by atoms with Crippen molar-refractivity contribution in [3.05, 3.63) is 48.6 Å². The van der Waals surface area contributed by atoms with E-state index < -0.39 is 6.10 Å². The van der Waals surface area contributed by atoms with Gasteiger partial charge in [-0.15, -0.1) is 0 Å². The summed E-state index contributed by atoms with van der Waals surface area (Å²) < 4.78 is 0. The average molecular weight is 362 g/mol. The minimum atomic E-state index is -0.479. The van der Waals surface area contributed by atoms with Gasteiger partial charge in [-0.2, -0.15) is 0 Å². The average Bonchev–Trinajstić information content (AvgIpc) is 2.62. The summed E-state index contributed by atoms with van der Waals surface area (Å²) in [4.78, 5) is 11.4. The van der Waals surface area contributed by atoms with E-state index in [9.17, 15) is 4.79 Å². The molecule has 1 amide bonds. The van der Waals surface area contributed by atoms with Crippen molar-refractivity contribution in [1.29, 1.82) is 0 Å². The largest absolute Gasteiger partial charge is 0.392 e. The molecule has 0 fully saturated rings. The van der Waals surface area contributed by atoms with Crippen LogP contribution in [0.15, 0.2) is 48.6 Å². The van der Waals surface area contributed by atoms with Crippen LogP contribution in [0.4, 0.5) is 0 Å². The number of nitrogens with one attached hydrogen (secondary N) is 1. The van der Waals surface area contributed by atoms with Gasteiger partial charge in [-0.05, 0) is 51.9 Å². The summed E-state index contributed by atoms with van der Waals surface area (Å²) in [6, 6.07) is 0. The highest BCUT2D eigenvalue weighted by atomic mass is 16.3. The molecule has 0 spiro atoms. The molecule has 0 radical (unpaired) electrons. The molecule has 0 aromatic heterocycles. The van der Waals surface area contributed by atoms with Gasteiger partial charge in [-0.3, -0.25) is 4.79 Å². The molecule has 0 saturated carbocycles. The van der Waals surface area contributed by atoms with Crippen molar-refractivity contribution < 1.29 is 9.90 Å². The van der Waals surface area contributed by atoms with Crippen LogP contribution in [-0.4, -0.2) is 23.7 Å². The third kappa shape index (κ3) is 20.4. The molecule has 0 aromatic carbocycles. The lowest BCUT2D eigenvalue weighted by Crippen LogP contribution is -2.30. The SMILES string of the molecule is CCCCC/C=C\C/C=C\C/C=C/C/C=C\CCCC(=O)NC[C@H](C)O. The van der Waals surface area contributed by atoms with Crippen molar-refractivity contribution in [2.24, 2.45) is 0 Å². The zero-order chi connectivity index (χ0) is 19.3. The van der Waals surface area contributed by atoms with Crippen molar-refractivity contribution in [3.63, 3.8) is 0 Å². The van der Waals surface area contributed by atoms with Gasteiger partial charge in [0, 0.05) is 13.0 Å². The highest BCUT2D eigenvalue weighted by Gasteiger charge is 2.01. The summed E-state index contributed by atoms with van der Waals surface area (Å²) in [7, 11) is 0.